The molecule has 3 heterocycles. The summed E-state index contributed by atoms with van der Waals surface area (Å²) in [6.45, 7) is 3.14. The molecule has 0 radical (unpaired) electrons. The fraction of sp³-hybridized carbons (Fsp3) is 0.588. The summed E-state index contributed by atoms with van der Waals surface area (Å²) in [5, 5.41) is 3.39. The van der Waals surface area contributed by atoms with E-state index < -0.39 is 0 Å². The number of hydrogen-bond acceptors (Lipinski definition) is 5. The zero-order valence-corrected chi connectivity index (χ0v) is 14.0. The molecule has 2 aliphatic heterocycles. The molecule has 130 valence electrons. The van der Waals surface area contributed by atoms with Gasteiger partial charge in [-0.05, 0) is 11.6 Å². The lowest BCUT2D eigenvalue weighted by molar-refractivity contribution is -0.135. The number of likely N-dealkylation sites (tertiary alicyclic amines) is 1. The number of likely N-dealkylation sites (N-methyl/N-ethyl adjacent to an activating group) is 1. The van der Waals surface area contributed by atoms with Gasteiger partial charge in [-0.2, -0.15) is 0 Å². The van der Waals surface area contributed by atoms with E-state index in [0.29, 0.717) is 45.7 Å². The minimum atomic E-state index is -0.0373. The number of amides is 2. The van der Waals surface area contributed by atoms with E-state index in [2.05, 4.69) is 10.3 Å². The number of nitrogens with zero attached hydrogens (tertiary/aromatic N) is 3. The van der Waals surface area contributed by atoms with Crippen LogP contribution in [-0.4, -0.2) is 72.5 Å². The number of hydrogen-bond donors (Lipinski definition) is 1. The second-order valence-electron chi connectivity index (χ2n) is 6.24. The Morgan fingerprint density at radius 2 is 2.21 bits per heavy atom. The van der Waals surface area contributed by atoms with Gasteiger partial charge in [0.2, 0.25) is 11.8 Å². The summed E-state index contributed by atoms with van der Waals surface area (Å²) < 4.78 is 5.26. The van der Waals surface area contributed by atoms with Crippen LogP contribution in [0.25, 0.3) is 0 Å². The van der Waals surface area contributed by atoms with Gasteiger partial charge in [-0.25, -0.2) is 0 Å². The minimum absolute atomic E-state index is 0.00388. The molecule has 0 bridgehead atoms. The van der Waals surface area contributed by atoms with Crippen LogP contribution in [0.3, 0.4) is 0 Å². The van der Waals surface area contributed by atoms with Crippen molar-refractivity contribution in [2.75, 3.05) is 39.9 Å². The molecule has 24 heavy (non-hydrogen) atoms. The van der Waals surface area contributed by atoms with Crippen molar-refractivity contribution in [3.63, 3.8) is 0 Å². The molecule has 2 aliphatic rings. The van der Waals surface area contributed by atoms with Crippen LogP contribution in [0.4, 0.5) is 0 Å². The summed E-state index contributed by atoms with van der Waals surface area (Å²) in [5.41, 5.74) is 1.02. The largest absolute Gasteiger partial charge is 0.378 e. The Balaban J connectivity index is 1.55. The summed E-state index contributed by atoms with van der Waals surface area (Å²) in [6.07, 6.45) is 4.41. The third kappa shape index (κ3) is 3.73. The first-order chi connectivity index (χ1) is 11.7. The molecular weight excluding hydrogens is 308 g/mol. The van der Waals surface area contributed by atoms with Crippen molar-refractivity contribution in [2.24, 2.45) is 0 Å². The molecule has 0 aromatic carbocycles. The number of ether oxygens (including phenoxy) is 1. The first-order valence-electron chi connectivity index (χ1n) is 8.41. The zero-order chi connectivity index (χ0) is 16.9. The standard InChI is InChI=1S/C17H24N4O3/c1-20-16(23)11-14(17(20)13-3-2-5-18-12-13)19-6-4-15(22)21-7-9-24-10-8-21/h2-3,5,12,14,17,19H,4,6-11H2,1H3/t14-,17+/m1/s1. The van der Waals surface area contributed by atoms with Crippen LogP contribution in [0.1, 0.15) is 24.4 Å². The average Bonchev–Trinajstić information content (AvgIpc) is 2.90. The third-order valence-corrected chi connectivity index (χ3v) is 4.72. The number of morpholine rings is 1. The van der Waals surface area contributed by atoms with Crippen LogP contribution in [0, 0.1) is 0 Å². The fourth-order valence-electron chi connectivity index (χ4n) is 3.39. The molecule has 1 aromatic heterocycles. The van der Waals surface area contributed by atoms with Crippen LogP contribution in [0.5, 0.6) is 0 Å². The van der Waals surface area contributed by atoms with Gasteiger partial charge < -0.3 is 19.9 Å². The van der Waals surface area contributed by atoms with Gasteiger partial charge in [0.05, 0.1) is 19.3 Å². The third-order valence-electron chi connectivity index (χ3n) is 4.72. The minimum Gasteiger partial charge on any atom is -0.378 e. The van der Waals surface area contributed by atoms with Gasteiger partial charge in [0, 0.05) is 58.0 Å². The molecule has 7 heteroatoms. The zero-order valence-electron chi connectivity index (χ0n) is 14.0. The summed E-state index contributed by atoms with van der Waals surface area (Å²) in [7, 11) is 1.82. The first kappa shape index (κ1) is 16.9. The van der Waals surface area contributed by atoms with E-state index in [1.54, 1.807) is 17.3 Å². The van der Waals surface area contributed by atoms with Crippen molar-refractivity contribution >= 4 is 11.8 Å². The lowest BCUT2D eigenvalue weighted by atomic mass is 10.0. The highest BCUT2D eigenvalue weighted by Gasteiger charge is 2.38. The van der Waals surface area contributed by atoms with Crippen LogP contribution < -0.4 is 5.32 Å². The van der Waals surface area contributed by atoms with Crippen LogP contribution >= 0.6 is 0 Å². The van der Waals surface area contributed by atoms with Crippen LogP contribution in [0.15, 0.2) is 24.5 Å². The molecule has 1 aromatic rings. The Kier molecular flexibility index (Phi) is 5.42. The normalized spacial score (nSPS) is 24.5. The topological polar surface area (TPSA) is 74.8 Å². The van der Waals surface area contributed by atoms with Gasteiger partial charge >= 0.3 is 0 Å². The molecule has 2 amide bonds. The second-order valence-corrected chi connectivity index (χ2v) is 6.24. The molecule has 0 aliphatic carbocycles. The first-order valence-corrected chi connectivity index (χ1v) is 8.41. The number of carbonyl (C=O) groups excluding carboxylic acids is 2. The number of rotatable bonds is 5. The lowest BCUT2D eigenvalue weighted by Gasteiger charge is -2.28. The Morgan fingerprint density at radius 3 is 2.92 bits per heavy atom. The molecule has 7 nitrogen and oxygen atoms in total. The highest BCUT2D eigenvalue weighted by molar-refractivity contribution is 5.80. The van der Waals surface area contributed by atoms with Crippen molar-refractivity contribution in [1.29, 1.82) is 0 Å². The smallest absolute Gasteiger partial charge is 0.224 e. The quantitative estimate of drug-likeness (QED) is 0.833. The van der Waals surface area contributed by atoms with Gasteiger partial charge in [0.15, 0.2) is 0 Å². The highest BCUT2D eigenvalue weighted by Crippen LogP contribution is 2.31. The molecule has 1 N–H and O–H groups in total. The van der Waals surface area contributed by atoms with E-state index >= 15 is 0 Å². The molecule has 0 unspecified atom stereocenters. The van der Waals surface area contributed by atoms with E-state index in [1.807, 2.05) is 24.1 Å². The monoisotopic (exact) mass is 332 g/mol. The average molecular weight is 332 g/mol. The van der Waals surface area contributed by atoms with Crippen molar-refractivity contribution in [1.82, 2.24) is 20.1 Å². The molecule has 2 fully saturated rings. The SMILES string of the molecule is CN1C(=O)C[C@@H](NCCC(=O)N2CCOCC2)[C@@H]1c1cccnc1. The fourth-order valence-corrected chi connectivity index (χ4v) is 3.39. The maximum Gasteiger partial charge on any atom is 0.224 e. The maximum atomic E-state index is 12.2. The van der Waals surface area contributed by atoms with Crippen molar-refractivity contribution in [2.45, 2.75) is 24.9 Å². The lowest BCUT2D eigenvalue weighted by Crippen LogP contribution is -2.42. The van der Waals surface area contributed by atoms with Gasteiger partial charge in [-0.3, -0.25) is 14.6 Å². The molecule has 0 spiro atoms. The van der Waals surface area contributed by atoms with Crippen LogP contribution in [-0.2, 0) is 14.3 Å². The summed E-state index contributed by atoms with van der Waals surface area (Å²) in [5.74, 6) is 0.252. The van der Waals surface area contributed by atoms with Gasteiger partial charge in [-0.15, -0.1) is 0 Å². The molecule has 0 saturated carbocycles. The summed E-state index contributed by atoms with van der Waals surface area (Å²) >= 11 is 0. The van der Waals surface area contributed by atoms with E-state index in [1.165, 1.54) is 0 Å². The van der Waals surface area contributed by atoms with Gasteiger partial charge in [0.25, 0.3) is 0 Å². The van der Waals surface area contributed by atoms with Crippen molar-refractivity contribution < 1.29 is 14.3 Å². The summed E-state index contributed by atoms with van der Waals surface area (Å²) in [4.78, 5) is 32.0. The number of pyridine rings is 1. The van der Waals surface area contributed by atoms with Crippen LogP contribution in [0.2, 0.25) is 0 Å². The Morgan fingerprint density at radius 1 is 1.42 bits per heavy atom. The van der Waals surface area contributed by atoms with E-state index in [9.17, 15) is 9.59 Å². The van der Waals surface area contributed by atoms with E-state index in [0.717, 1.165) is 5.56 Å². The Hall–Kier alpha value is -1.99. The Bertz CT molecular complexity index is 574. The van der Waals surface area contributed by atoms with E-state index in [4.69, 9.17) is 4.74 Å². The van der Waals surface area contributed by atoms with Gasteiger partial charge in [0.1, 0.15) is 0 Å². The van der Waals surface area contributed by atoms with Crippen molar-refractivity contribution in [3.05, 3.63) is 30.1 Å². The molecule has 2 saturated heterocycles. The molecule has 3 rings (SSSR count). The number of aromatic nitrogens is 1. The number of carbonyl (C=O) groups is 2. The highest BCUT2D eigenvalue weighted by atomic mass is 16.5. The predicted molar refractivity (Wildman–Crippen MR) is 88.2 cm³/mol. The molecular formula is C17H24N4O3. The molecule has 2 atom stereocenters. The van der Waals surface area contributed by atoms with Crippen molar-refractivity contribution in [3.8, 4) is 0 Å². The Labute approximate surface area is 142 Å². The second kappa shape index (κ2) is 7.72. The van der Waals surface area contributed by atoms with E-state index in [-0.39, 0.29) is 23.9 Å². The maximum absolute atomic E-state index is 12.2. The van der Waals surface area contributed by atoms with Gasteiger partial charge in [-0.1, -0.05) is 6.07 Å². The summed E-state index contributed by atoms with van der Waals surface area (Å²) in [6, 6.07) is 3.83. The number of nitrogens with one attached hydrogen (secondary N) is 1. The predicted octanol–water partition coefficient (Wildman–Crippen LogP) is 0.192.